The van der Waals surface area contributed by atoms with Crippen molar-refractivity contribution in [1.29, 1.82) is 0 Å². The molecular formula is C26H39NO2S. The molecule has 3 aliphatic rings. The van der Waals surface area contributed by atoms with E-state index in [0.29, 0.717) is 11.3 Å². The normalized spacial score (nSPS) is 25.9. The van der Waals surface area contributed by atoms with Crippen LogP contribution >= 0.6 is 11.8 Å². The zero-order valence-electron chi connectivity index (χ0n) is 18.7. The number of nitrogens with zero attached hydrogens (tertiary/aromatic N) is 1. The van der Waals surface area contributed by atoms with Crippen molar-refractivity contribution in [2.75, 3.05) is 18.9 Å². The largest absolute Gasteiger partial charge is 0.484 e. The van der Waals surface area contributed by atoms with E-state index in [1.807, 2.05) is 24.3 Å². The summed E-state index contributed by atoms with van der Waals surface area (Å²) >= 11 is 2.13. The summed E-state index contributed by atoms with van der Waals surface area (Å²) in [5.41, 5.74) is 1.21. The van der Waals surface area contributed by atoms with E-state index >= 15 is 0 Å². The lowest BCUT2D eigenvalue weighted by Gasteiger charge is -2.32. The van der Waals surface area contributed by atoms with Crippen LogP contribution in [-0.2, 0) is 4.79 Å². The summed E-state index contributed by atoms with van der Waals surface area (Å²) in [7, 11) is 0. The third-order valence-corrected chi connectivity index (χ3v) is 8.73. The SMILES string of the molecule is Cc1ccc(OCC(=O)N(CC2SCCC2C2CCCCCCCC2)C2CC2)cc1. The van der Waals surface area contributed by atoms with E-state index in [9.17, 15) is 4.79 Å². The van der Waals surface area contributed by atoms with Crippen molar-refractivity contribution in [2.45, 2.75) is 88.8 Å². The lowest BCUT2D eigenvalue weighted by molar-refractivity contribution is -0.134. The molecule has 4 heteroatoms. The summed E-state index contributed by atoms with van der Waals surface area (Å²) < 4.78 is 5.84. The van der Waals surface area contributed by atoms with Crippen LogP contribution in [0.5, 0.6) is 5.75 Å². The van der Waals surface area contributed by atoms with Gasteiger partial charge in [0.1, 0.15) is 5.75 Å². The number of carbonyl (C=O) groups excluding carboxylic acids is 1. The molecule has 2 saturated carbocycles. The van der Waals surface area contributed by atoms with Gasteiger partial charge in [-0.1, -0.05) is 69.1 Å². The lowest BCUT2D eigenvalue weighted by atomic mass is 9.80. The average Bonchev–Trinajstić information content (AvgIpc) is 3.45. The third kappa shape index (κ3) is 6.18. The lowest BCUT2D eigenvalue weighted by Crippen LogP contribution is -2.42. The number of rotatable bonds is 7. The molecule has 1 aromatic carbocycles. The fourth-order valence-electron chi connectivity index (χ4n) is 5.38. The maximum absolute atomic E-state index is 13.1. The van der Waals surface area contributed by atoms with Gasteiger partial charge in [0.05, 0.1) is 0 Å². The van der Waals surface area contributed by atoms with Gasteiger partial charge in [0.15, 0.2) is 6.61 Å². The Hall–Kier alpha value is -1.16. The minimum atomic E-state index is 0.172. The van der Waals surface area contributed by atoms with Crippen molar-refractivity contribution in [3.63, 3.8) is 0 Å². The van der Waals surface area contributed by atoms with Crippen LogP contribution in [0.3, 0.4) is 0 Å². The molecule has 0 N–H and O–H groups in total. The van der Waals surface area contributed by atoms with Crippen LogP contribution in [0.2, 0.25) is 0 Å². The van der Waals surface area contributed by atoms with E-state index in [4.69, 9.17) is 4.74 Å². The molecule has 2 unspecified atom stereocenters. The minimum absolute atomic E-state index is 0.172. The van der Waals surface area contributed by atoms with Gasteiger partial charge in [0, 0.05) is 17.8 Å². The second-order valence-electron chi connectivity index (χ2n) is 9.70. The molecular weight excluding hydrogens is 390 g/mol. The van der Waals surface area contributed by atoms with Gasteiger partial charge in [-0.2, -0.15) is 11.8 Å². The molecule has 30 heavy (non-hydrogen) atoms. The predicted octanol–water partition coefficient (Wildman–Crippen LogP) is 6.24. The Bertz CT molecular complexity index is 662. The Balaban J connectivity index is 1.34. The zero-order chi connectivity index (χ0) is 20.8. The van der Waals surface area contributed by atoms with Crippen LogP contribution in [0.15, 0.2) is 24.3 Å². The highest BCUT2D eigenvalue weighted by atomic mass is 32.2. The number of thioether (sulfide) groups is 1. The van der Waals surface area contributed by atoms with Crippen LogP contribution in [0.25, 0.3) is 0 Å². The summed E-state index contributed by atoms with van der Waals surface area (Å²) in [6.45, 7) is 3.18. The van der Waals surface area contributed by atoms with E-state index in [-0.39, 0.29) is 12.5 Å². The second kappa shape index (κ2) is 10.9. The molecule has 4 rings (SSSR count). The van der Waals surface area contributed by atoms with Crippen molar-refractivity contribution in [3.8, 4) is 5.75 Å². The standard InChI is InChI=1S/C26H39NO2S/c1-20-10-14-23(15-11-20)29-19-26(28)27(22-12-13-22)18-25-24(16-17-30-25)21-8-6-4-2-3-5-7-9-21/h10-11,14-15,21-22,24-25H,2-9,12-13,16-19H2,1H3. The first-order valence-electron chi connectivity index (χ1n) is 12.3. The van der Waals surface area contributed by atoms with E-state index in [1.54, 1.807) is 0 Å². The Labute approximate surface area is 187 Å². The van der Waals surface area contributed by atoms with Crippen molar-refractivity contribution in [3.05, 3.63) is 29.8 Å². The van der Waals surface area contributed by atoms with Gasteiger partial charge in [-0.15, -0.1) is 0 Å². The Morgan fingerprint density at radius 1 is 0.967 bits per heavy atom. The smallest absolute Gasteiger partial charge is 0.260 e. The molecule has 2 atom stereocenters. The number of aryl methyl sites for hydroxylation is 1. The van der Waals surface area contributed by atoms with Crippen LogP contribution in [0.1, 0.15) is 76.2 Å². The maximum Gasteiger partial charge on any atom is 0.260 e. The molecule has 0 bridgehead atoms. The molecule has 2 aliphatic carbocycles. The summed E-state index contributed by atoms with van der Waals surface area (Å²) in [5.74, 6) is 3.93. The first-order valence-corrected chi connectivity index (χ1v) is 13.4. The zero-order valence-corrected chi connectivity index (χ0v) is 19.5. The Morgan fingerprint density at radius 3 is 2.30 bits per heavy atom. The number of ether oxygens (including phenoxy) is 1. The van der Waals surface area contributed by atoms with Crippen LogP contribution in [-0.4, -0.2) is 41.0 Å². The highest BCUT2D eigenvalue weighted by Crippen LogP contribution is 2.43. The number of hydrogen-bond acceptors (Lipinski definition) is 3. The molecule has 1 aliphatic heterocycles. The van der Waals surface area contributed by atoms with Crippen molar-refractivity contribution in [1.82, 2.24) is 4.90 Å². The number of carbonyl (C=O) groups is 1. The molecule has 1 saturated heterocycles. The molecule has 1 heterocycles. The molecule has 1 amide bonds. The summed E-state index contributed by atoms with van der Waals surface area (Å²) in [6, 6.07) is 8.46. The fourth-order valence-corrected chi connectivity index (χ4v) is 6.96. The van der Waals surface area contributed by atoms with Gasteiger partial charge >= 0.3 is 0 Å². The van der Waals surface area contributed by atoms with E-state index in [1.165, 1.54) is 81.9 Å². The van der Waals surface area contributed by atoms with Crippen LogP contribution in [0, 0.1) is 18.8 Å². The molecule has 0 radical (unpaired) electrons. The van der Waals surface area contributed by atoms with Crippen molar-refractivity contribution >= 4 is 17.7 Å². The summed E-state index contributed by atoms with van der Waals surface area (Å²) in [4.78, 5) is 15.3. The van der Waals surface area contributed by atoms with Gasteiger partial charge in [-0.3, -0.25) is 4.79 Å². The van der Waals surface area contributed by atoms with Gasteiger partial charge in [0.2, 0.25) is 0 Å². The first-order chi connectivity index (χ1) is 14.7. The van der Waals surface area contributed by atoms with Crippen LogP contribution in [0.4, 0.5) is 0 Å². The van der Waals surface area contributed by atoms with Crippen LogP contribution < -0.4 is 4.74 Å². The molecule has 0 spiro atoms. The van der Waals surface area contributed by atoms with E-state index in [0.717, 1.165) is 24.1 Å². The molecule has 3 nitrogen and oxygen atoms in total. The predicted molar refractivity (Wildman–Crippen MR) is 126 cm³/mol. The number of amides is 1. The summed E-state index contributed by atoms with van der Waals surface area (Å²) in [6.07, 6.45) is 15.0. The van der Waals surface area contributed by atoms with E-state index < -0.39 is 0 Å². The Morgan fingerprint density at radius 2 is 1.63 bits per heavy atom. The monoisotopic (exact) mass is 429 g/mol. The average molecular weight is 430 g/mol. The van der Waals surface area contributed by atoms with Gasteiger partial charge in [-0.05, 0) is 55.9 Å². The molecule has 0 aromatic heterocycles. The van der Waals surface area contributed by atoms with E-state index in [2.05, 4.69) is 23.6 Å². The van der Waals surface area contributed by atoms with Crippen molar-refractivity contribution in [2.24, 2.45) is 11.8 Å². The molecule has 166 valence electrons. The molecule has 3 fully saturated rings. The minimum Gasteiger partial charge on any atom is -0.484 e. The number of benzene rings is 1. The Kier molecular flexibility index (Phi) is 8.03. The van der Waals surface area contributed by atoms with Gasteiger partial charge < -0.3 is 9.64 Å². The van der Waals surface area contributed by atoms with Crippen molar-refractivity contribution < 1.29 is 9.53 Å². The quantitative estimate of drug-likeness (QED) is 0.514. The highest BCUT2D eigenvalue weighted by Gasteiger charge is 2.39. The first kappa shape index (κ1) is 22.0. The summed E-state index contributed by atoms with van der Waals surface area (Å²) in [5, 5.41) is 0.625. The number of hydrogen-bond donors (Lipinski definition) is 0. The topological polar surface area (TPSA) is 29.5 Å². The second-order valence-corrected chi connectivity index (χ2v) is 11.0. The molecule has 1 aromatic rings. The third-order valence-electron chi connectivity index (χ3n) is 7.33. The highest BCUT2D eigenvalue weighted by molar-refractivity contribution is 8.00. The van der Waals surface area contributed by atoms with Gasteiger partial charge in [-0.25, -0.2) is 0 Å². The fraction of sp³-hybridized carbons (Fsp3) is 0.731. The maximum atomic E-state index is 13.1. The van der Waals surface area contributed by atoms with Gasteiger partial charge in [0.25, 0.3) is 5.91 Å².